The molecule has 0 saturated heterocycles. The van der Waals surface area contributed by atoms with Crippen molar-refractivity contribution in [1.82, 2.24) is 15.2 Å². The van der Waals surface area contributed by atoms with Gasteiger partial charge in [-0.2, -0.15) is 5.10 Å². The first-order valence-electron chi connectivity index (χ1n) is 5.69. The molecular weight excluding hydrogens is 249 g/mol. The van der Waals surface area contributed by atoms with Crippen LogP contribution < -0.4 is 10.6 Å². The third-order valence-electron chi connectivity index (χ3n) is 2.70. The van der Waals surface area contributed by atoms with Crippen LogP contribution in [0.15, 0.2) is 12.3 Å². The Morgan fingerprint density at radius 3 is 2.74 bits per heavy atom. The first-order chi connectivity index (χ1) is 9.02. The van der Waals surface area contributed by atoms with E-state index >= 15 is 0 Å². The standard InChI is InChI=1S/C12H14FN5O/c1-6-10(7(2)18-17-6)16-12(19)9-4-8(13)5-15-11(9)14-3/h4-5H,1-3H3,(H,14,15)(H,16,19)(H,17,18). The summed E-state index contributed by atoms with van der Waals surface area (Å²) in [5, 5.41) is 12.2. The molecule has 100 valence electrons. The molecule has 0 bridgehead atoms. The maximum absolute atomic E-state index is 13.2. The minimum atomic E-state index is -0.565. The number of carbonyl (C=O) groups excluding carboxylic acids is 1. The molecule has 0 aromatic carbocycles. The monoisotopic (exact) mass is 263 g/mol. The van der Waals surface area contributed by atoms with E-state index in [4.69, 9.17) is 0 Å². The Kier molecular flexibility index (Phi) is 3.46. The predicted octanol–water partition coefficient (Wildman–Crippen LogP) is 1.85. The largest absolute Gasteiger partial charge is 0.372 e. The Labute approximate surface area is 109 Å². The van der Waals surface area contributed by atoms with Gasteiger partial charge in [-0.05, 0) is 19.9 Å². The molecule has 6 nitrogen and oxygen atoms in total. The van der Waals surface area contributed by atoms with Crippen molar-refractivity contribution >= 4 is 17.4 Å². The molecule has 7 heteroatoms. The zero-order valence-electron chi connectivity index (χ0n) is 10.8. The molecule has 3 N–H and O–H groups in total. The normalized spacial score (nSPS) is 10.3. The average Bonchev–Trinajstić information content (AvgIpc) is 2.70. The van der Waals surface area contributed by atoms with Crippen LogP contribution in [0.5, 0.6) is 0 Å². The Balaban J connectivity index is 2.32. The van der Waals surface area contributed by atoms with Gasteiger partial charge in [0.2, 0.25) is 0 Å². The number of H-pyrrole nitrogens is 1. The molecule has 0 aliphatic carbocycles. The molecule has 2 rings (SSSR count). The van der Waals surface area contributed by atoms with Crippen molar-refractivity contribution in [2.45, 2.75) is 13.8 Å². The van der Waals surface area contributed by atoms with Crippen LogP contribution in [-0.4, -0.2) is 28.1 Å². The molecule has 0 saturated carbocycles. The Hall–Kier alpha value is -2.44. The summed E-state index contributed by atoms with van der Waals surface area (Å²) in [6.45, 7) is 3.56. The van der Waals surface area contributed by atoms with Crippen LogP contribution in [0.25, 0.3) is 0 Å². The van der Waals surface area contributed by atoms with Gasteiger partial charge < -0.3 is 10.6 Å². The van der Waals surface area contributed by atoms with E-state index in [1.54, 1.807) is 20.9 Å². The number of halogens is 1. The van der Waals surface area contributed by atoms with Gasteiger partial charge >= 0.3 is 0 Å². The fraction of sp³-hybridized carbons (Fsp3) is 0.250. The number of carbonyl (C=O) groups is 1. The number of aromatic amines is 1. The summed E-state index contributed by atoms with van der Waals surface area (Å²) in [5.74, 6) is -0.688. The molecule has 0 radical (unpaired) electrons. The fourth-order valence-corrected chi connectivity index (χ4v) is 1.73. The van der Waals surface area contributed by atoms with Crippen LogP contribution in [0.4, 0.5) is 15.9 Å². The maximum atomic E-state index is 13.2. The summed E-state index contributed by atoms with van der Waals surface area (Å²) in [4.78, 5) is 16.0. The number of hydrogen-bond donors (Lipinski definition) is 3. The van der Waals surface area contributed by atoms with Crippen molar-refractivity contribution in [2.75, 3.05) is 17.7 Å². The first kappa shape index (κ1) is 13.0. The molecule has 2 heterocycles. The predicted molar refractivity (Wildman–Crippen MR) is 69.8 cm³/mol. The van der Waals surface area contributed by atoms with Crippen LogP contribution in [-0.2, 0) is 0 Å². The van der Waals surface area contributed by atoms with Gasteiger partial charge in [-0.1, -0.05) is 0 Å². The molecule has 2 aromatic heterocycles. The zero-order chi connectivity index (χ0) is 14.0. The fourth-order valence-electron chi connectivity index (χ4n) is 1.73. The lowest BCUT2D eigenvalue weighted by molar-refractivity contribution is 0.102. The van der Waals surface area contributed by atoms with Crippen molar-refractivity contribution in [3.63, 3.8) is 0 Å². The number of rotatable bonds is 3. The first-order valence-corrected chi connectivity index (χ1v) is 5.69. The third kappa shape index (κ3) is 2.54. The van der Waals surface area contributed by atoms with Gasteiger partial charge in [0.25, 0.3) is 5.91 Å². The van der Waals surface area contributed by atoms with Gasteiger partial charge in [0.05, 0.1) is 28.8 Å². The topological polar surface area (TPSA) is 82.7 Å². The van der Waals surface area contributed by atoms with Gasteiger partial charge in [-0.3, -0.25) is 9.89 Å². The van der Waals surface area contributed by atoms with Gasteiger partial charge in [-0.25, -0.2) is 9.37 Å². The molecule has 0 aliphatic rings. The number of amides is 1. The summed E-state index contributed by atoms with van der Waals surface area (Å²) in [6.07, 6.45) is 1.05. The zero-order valence-corrected chi connectivity index (χ0v) is 10.8. The molecule has 0 fully saturated rings. The van der Waals surface area contributed by atoms with Crippen molar-refractivity contribution in [3.8, 4) is 0 Å². The van der Waals surface area contributed by atoms with Crippen LogP contribution in [0, 0.1) is 19.7 Å². The van der Waals surface area contributed by atoms with E-state index in [0.717, 1.165) is 18.0 Å². The number of aromatic nitrogens is 3. The molecule has 2 aromatic rings. The summed E-state index contributed by atoms with van der Waals surface area (Å²) in [5.41, 5.74) is 2.14. The summed E-state index contributed by atoms with van der Waals surface area (Å²) in [7, 11) is 1.62. The van der Waals surface area contributed by atoms with Crippen molar-refractivity contribution in [1.29, 1.82) is 0 Å². The van der Waals surface area contributed by atoms with Crippen molar-refractivity contribution < 1.29 is 9.18 Å². The van der Waals surface area contributed by atoms with E-state index < -0.39 is 11.7 Å². The number of nitrogens with zero attached hydrogens (tertiary/aromatic N) is 2. The highest BCUT2D eigenvalue weighted by atomic mass is 19.1. The second kappa shape index (κ2) is 5.05. The molecular formula is C12H14FN5O. The highest BCUT2D eigenvalue weighted by Gasteiger charge is 2.16. The minimum Gasteiger partial charge on any atom is -0.372 e. The number of aryl methyl sites for hydroxylation is 2. The van der Waals surface area contributed by atoms with Crippen LogP contribution in [0.3, 0.4) is 0 Å². The average molecular weight is 263 g/mol. The number of nitrogens with one attached hydrogen (secondary N) is 3. The second-order valence-electron chi connectivity index (χ2n) is 4.06. The van der Waals surface area contributed by atoms with Crippen LogP contribution >= 0.6 is 0 Å². The van der Waals surface area contributed by atoms with Crippen molar-refractivity contribution in [2.24, 2.45) is 0 Å². The molecule has 0 unspecified atom stereocenters. The van der Waals surface area contributed by atoms with Crippen molar-refractivity contribution in [3.05, 3.63) is 35.0 Å². The summed E-state index contributed by atoms with van der Waals surface area (Å²) in [6, 6.07) is 1.14. The van der Waals surface area contributed by atoms with E-state index in [9.17, 15) is 9.18 Å². The lowest BCUT2D eigenvalue weighted by Crippen LogP contribution is -2.16. The quantitative estimate of drug-likeness (QED) is 0.789. The Morgan fingerprint density at radius 1 is 1.42 bits per heavy atom. The summed E-state index contributed by atoms with van der Waals surface area (Å²) < 4.78 is 13.2. The highest BCUT2D eigenvalue weighted by molar-refractivity contribution is 6.07. The molecule has 0 spiro atoms. The maximum Gasteiger partial charge on any atom is 0.259 e. The molecule has 19 heavy (non-hydrogen) atoms. The SMILES string of the molecule is CNc1ncc(F)cc1C(=O)Nc1c(C)n[nH]c1C. The van der Waals surface area contributed by atoms with E-state index in [1.165, 1.54) is 0 Å². The van der Waals surface area contributed by atoms with Gasteiger partial charge in [0.15, 0.2) is 0 Å². The smallest absolute Gasteiger partial charge is 0.259 e. The number of anilines is 2. The lowest BCUT2D eigenvalue weighted by Gasteiger charge is -2.09. The van der Waals surface area contributed by atoms with E-state index in [1.807, 2.05) is 0 Å². The minimum absolute atomic E-state index is 0.141. The molecule has 0 atom stereocenters. The third-order valence-corrected chi connectivity index (χ3v) is 2.70. The Morgan fingerprint density at radius 2 is 2.16 bits per heavy atom. The number of pyridine rings is 1. The van der Waals surface area contributed by atoms with Gasteiger partial charge in [0, 0.05) is 7.05 Å². The number of hydrogen-bond acceptors (Lipinski definition) is 4. The van der Waals surface area contributed by atoms with Gasteiger partial charge in [0.1, 0.15) is 11.6 Å². The van der Waals surface area contributed by atoms with Gasteiger partial charge in [-0.15, -0.1) is 0 Å². The van der Waals surface area contributed by atoms with E-state index in [2.05, 4.69) is 25.8 Å². The second-order valence-corrected chi connectivity index (χ2v) is 4.06. The highest BCUT2D eigenvalue weighted by Crippen LogP contribution is 2.19. The van der Waals surface area contributed by atoms with E-state index in [0.29, 0.717) is 17.2 Å². The van der Waals surface area contributed by atoms with Crippen LogP contribution in [0.2, 0.25) is 0 Å². The molecule has 0 aliphatic heterocycles. The van der Waals surface area contributed by atoms with Crippen LogP contribution in [0.1, 0.15) is 21.7 Å². The summed E-state index contributed by atoms with van der Waals surface area (Å²) >= 11 is 0. The van der Waals surface area contributed by atoms with E-state index in [-0.39, 0.29) is 5.56 Å². The lowest BCUT2D eigenvalue weighted by atomic mass is 10.2. The Bertz CT molecular complexity index is 603. The molecule has 1 amide bonds.